The van der Waals surface area contributed by atoms with Crippen molar-refractivity contribution < 1.29 is 19.1 Å². The zero-order valence-electron chi connectivity index (χ0n) is 14.8. The quantitative estimate of drug-likeness (QED) is 0.858. The monoisotopic (exact) mass is 334 g/mol. The highest BCUT2D eigenvalue weighted by atomic mass is 16.6. The Bertz CT molecular complexity index is 587. The van der Waals surface area contributed by atoms with E-state index in [1.165, 1.54) is 0 Å². The summed E-state index contributed by atoms with van der Waals surface area (Å²) in [7, 11) is 0. The van der Waals surface area contributed by atoms with Crippen LogP contribution in [0, 0.1) is 6.92 Å². The van der Waals surface area contributed by atoms with Crippen LogP contribution in [0.2, 0.25) is 0 Å². The summed E-state index contributed by atoms with van der Waals surface area (Å²) in [5.74, 6) is 0.808. The third-order valence-electron chi connectivity index (χ3n) is 3.79. The smallest absolute Gasteiger partial charge is 0.410 e. The molecule has 2 rings (SSSR count). The number of anilines is 1. The summed E-state index contributed by atoms with van der Waals surface area (Å²) in [5.41, 5.74) is 1.24. The first-order valence-electron chi connectivity index (χ1n) is 8.24. The standard InChI is InChI=1S/C18H26N2O4/c1-13-11-14(19-12-21)5-6-16(13)23-15-7-9-20(10-8-15)17(22)24-18(2,3)4/h5-6,11-12,15H,7-10H2,1-4H3,(H,19,21). The molecule has 1 aliphatic rings. The number of aryl methyl sites for hydroxylation is 1. The number of benzene rings is 1. The van der Waals surface area contributed by atoms with Crippen LogP contribution < -0.4 is 10.1 Å². The Morgan fingerprint density at radius 2 is 1.96 bits per heavy atom. The number of likely N-dealkylation sites (tertiary alicyclic amines) is 1. The van der Waals surface area contributed by atoms with Crippen molar-refractivity contribution in [3.05, 3.63) is 23.8 Å². The summed E-state index contributed by atoms with van der Waals surface area (Å²) in [6.45, 7) is 8.81. The molecule has 0 aliphatic carbocycles. The lowest BCUT2D eigenvalue weighted by atomic mass is 10.1. The van der Waals surface area contributed by atoms with Crippen molar-refractivity contribution in [3.8, 4) is 5.75 Å². The molecule has 1 fully saturated rings. The van der Waals surface area contributed by atoms with Crippen molar-refractivity contribution in [2.45, 2.75) is 52.2 Å². The fourth-order valence-electron chi connectivity index (χ4n) is 2.60. The lowest BCUT2D eigenvalue weighted by molar-refractivity contribution is -0.105. The average molecular weight is 334 g/mol. The van der Waals surface area contributed by atoms with Gasteiger partial charge in [-0.2, -0.15) is 0 Å². The van der Waals surface area contributed by atoms with Crippen molar-refractivity contribution in [1.82, 2.24) is 4.90 Å². The number of nitrogens with one attached hydrogen (secondary N) is 1. The zero-order valence-corrected chi connectivity index (χ0v) is 14.8. The minimum atomic E-state index is -0.473. The van der Waals surface area contributed by atoms with Crippen LogP contribution >= 0.6 is 0 Å². The number of nitrogens with zero attached hydrogens (tertiary/aromatic N) is 1. The Hall–Kier alpha value is -2.24. The van der Waals surface area contributed by atoms with Crippen molar-refractivity contribution in [3.63, 3.8) is 0 Å². The van der Waals surface area contributed by atoms with Gasteiger partial charge in [0.05, 0.1) is 0 Å². The molecular formula is C18H26N2O4. The van der Waals surface area contributed by atoms with Gasteiger partial charge < -0.3 is 19.7 Å². The van der Waals surface area contributed by atoms with E-state index in [1.807, 2.05) is 45.9 Å². The van der Waals surface area contributed by atoms with Crippen LogP contribution in [0.25, 0.3) is 0 Å². The fourth-order valence-corrected chi connectivity index (χ4v) is 2.60. The summed E-state index contributed by atoms with van der Waals surface area (Å²) >= 11 is 0. The van der Waals surface area contributed by atoms with E-state index in [4.69, 9.17) is 9.47 Å². The maximum absolute atomic E-state index is 12.1. The Kier molecular flexibility index (Phi) is 5.70. The van der Waals surface area contributed by atoms with Gasteiger partial charge in [0.1, 0.15) is 17.5 Å². The van der Waals surface area contributed by atoms with E-state index in [-0.39, 0.29) is 12.2 Å². The molecule has 0 saturated carbocycles. The molecule has 6 nitrogen and oxygen atoms in total. The topological polar surface area (TPSA) is 67.9 Å². The zero-order chi connectivity index (χ0) is 17.7. The molecular weight excluding hydrogens is 308 g/mol. The molecule has 132 valence electrons. The molecule has 1 aromatic rings. The molecule has 0 atom stereocenters. The Morgan fingerprint density at radius 3 is 2.50 bits per heavy atom. The van der Waals surface area contributed by atoms with E-state index >= 15 is 0 Å². The largest absolute Gasteiger partial charge is 0.490 e. The van der Waals surface area contributed by atoms with Gasteiger partial charge in [-0.15, -0.1) is 0 Å². The van der Waals surface area contributed by atoms with E-state index in [9.17, 15) is 9.59 Å². The summed E-state index contributed by atoms with van der Waals surface area (Å²) in [6.07, 6.45) is 2.01. The molecule has 2 amide bonds. The van der Waals surface area contributed by atoms with E-state index in [1.54, 1.807) is 4.90 Å². The van der Waals surface area contributed by atoms with Crippen LogP contribution in [0.1, 0.15) is 39.2 Å². The molecule has 1 saturated heterocycles. The number of rotatable bonds is 4. The number of hydrogen-bond acceptors (Lipinski definition) is 4. The summed E-state index contributed by atoms with van der Waals surface area (Å²) in [5, 5.41) is 2.62. The fraction of sp³-hybridized carbons (Fsp3) is 0.556. The molecule has 6 heteroatoms. The maximum Gasteiger partial charge on any atom is 0.410 e. The average Bonchev–Trinajstić information content (AvgIpc) is 2.49. The van der Waals surface area contributed by atoms with Crippen molar-refractivity contribution >= 4 is 18.2 Å². The SMILES string of the molecule is Cc1cc(NC=O)ccc1OC1CCN(C(=O)OC(C)(C)C)CC1. The van der Waals surface area contributed by atoms with Gasteiger partial charge in [0.2, 0.25) is 6.41 Å². The van der Waals surface area contributed by atoms with Crippen LogP contribution in [0.4, 0.5) is 10.5 Å². The predicted molar refractivity (Wildman–Crippen MR) is 92.3 cm³/mol. The number of piperidine rings is 1. The van der Waals surface area contributed by atoms with E-state index in [0.29, 0.717) is 19.5 Å². The number of ether oxygens (including phenoxy) is 2. The van der Waals surface area contributed by atoms with Crippen LogP contribution in [-0.4, -0.2) is 42.2 Å². The van der Waals surface area contributed by atoms with Gasteiger partial charge in [-0.1, -0.05) is 0 Å². The van der Waals surface area contributed by atoms with E-state index < -0.39 is 5.60 Å². The molecule has 1 heterocycles. The molecule has 0 unspecified atom stereocenters. The molecule has 0 radical (unpaired) electrons. The highest BCUT2D eigenvalue weighted by Crippen LogP contribution is 2.25. The first-order valence-corrected chi connectivity index (χ1v) is 8.24. The normalized spacial score (nSPS) is 15.8. The molecule has 0 aromatic heterocycles. The second-order valence-electron chi connectivity index (χ2n) is 7.03. The van der Waals surface area contributed by atoms with Crippen molar-refractivity contribution in [2.24, 2.45) is 0 Å². The molecule has 24 heavy (non-hydrogen) atoms. The van der Waals surface area contributed by atoms with Gasteiger partial charge in [0.25, 0.3) is 0 Å². The Morgan fingerprint density at radius 1 is 1.29 bits per heavy atom. The number of carbonyl (C=O) groups is 2. The van der Waals surface area contributed by atoms with Crippen molar-refractivity contribution in [2.75, 3.05) is 18.4 Å². The minimum absolute atomic E-state index is 0.0762. The van der Waals surface area contributed by atoms with Crippen LogP contribution in [-0.2, 0) is 9.53 Å². The Balaban J connectivity index is 1.87. The predicted octanol–water partition coefficient (Wildman–Crippen LogP) is 3.34. The first-order chi connectivity index (χ1) is 11.3. The molecule has 1 aliphatic heterocycles. The van der Waals surface area contributed by atoms with Crippen molar-refractivity contribution in [1.29, 1.82) is 0 Å². The third kappa shape index (κ3) is 5.15. The number of carbonyl (C=O) groups excluding carboxylic acids is 2. The highest BCUT2D eigenvalue weighted by molar-refractivity contribution is 5.72. The van der Waals surface area contributed by atoms with Crippen LogP contribution in [0.3, 0.4) is 0 Å². The van der Waals surface area contributed by atoms with Gasteiger partial charge in [0, 0.05) is 31.6 Å². The number of hydrogen-bond donors (Lipinski definition) is 1. The van der Waals surface area contributed by atoms with E-state index in [2.05, 4.69) is 5.32 Å². The summed E-state index contributed by atoms with van der Waals surface area (Å²) in [6, 6.07) is 5.55. The second kappa shape index (κ2) is 7.55. The number of amides is 2. The molecule has 0 spiro atoms. The molecule has 1 N–H and O–H groups in total. The van der Waals surface area contributed by atoms with Gasteiger partial charge in [-0.25, -0.2) is 4.79 Å². The van der Waals surface area contributed by atoms with Crippen LogP contribution in [0.15, 0.2) is 18.2 Å². The minimum Gasteiger partial charge on any atom is -0.490 e. The van der Waals surface area contributed by atoms with Gasteiger partial charge in [0.15, 0.2) is 0 Å². The molecule has 1 aromatic carbocycles. The second-order valence-corrected chi connectivity index (χ2v) is 7.03. The van der Waals surface area contributed by atoms with Crippen LogP contribution in [0.5, 0.6) is 5.75 Å². The molecule has 0 bridgehead atoms. The van der Waals surface area contributed by atoms with E-state index in [0.717, 1.165) is 29.8 Å². The summed E-state index contributed by atoms with van der Waals surface area (Å²) < 4.78 is 11.5. The maximum atomic E-state index is 12.1. The highest BCUT2D eigenvalue weighted by Gasteiger charge is 2.27. The summed E-state index contributed by atoms with van der Waals surface area (Å²) in [4.78, 5) is 24.3. The van der Waals surface area contributed by atoms with Gasteiger partial charge in [-0.3, -0.25) is 4.79 Å². The lowest BCUT2D eigenvalue weighted by Gasteiger charge is -2.33. The Labute approximate surface area is 143 Å². The first kappa shape index (κ1) is 18.1. The van der Waals surface area contributed by atoms with Gasteiger partial charge in [-0.05, 0) is 51.5 Å². The lowest BCUT2D eigenvalue weighted by Crippen LogP contribution is -2.44. The third-order valence-corrected chi connectivity index (χ3v) is 3.79. The van der Waals surface area contributed by atoms with Gasteiger partial charge >= 0.3 is 6.09 Å².